The monoisotopic (exact) mass is 504 g/mol. The zero-order valence-electron chi connectivity index (χ0n) is 18.6. The van der Waals surface area contributed by atoms with E-state index in [1.54, 1.807) is 0 Å². The summed E-state index contributed by atoms with van der Waals surface area (Å²) >= 11 is 0. The van der Waals surface area contributed by atoms with Gasteiger partial charge in [0.1, 0.15) is 37.6 Å². The van der Waals surface area contributed by atoms with Gasteiger partial charge in [-0.05, 0) is 12.1 Å². The molecule has 1 saturated heterocycles. The van der Waals surface area contributed by atoms with Crippen LogP contribution >= 0.6 is 0 Å². The van der Waals surface area contributed by atoms with Crippen LogP contribution in [0.25, 0.3) is 32.7 Å². The van der Waals surface area contributed by atoms with E-state index < -0.39 is 48.6 Å². The highest BCUT2D eigenvalue weighted by Gasteiger charge is 2.45. The number of methoxy groups -OCH3 is 1. The summed E-state index contributed by atoms with van der Waals surface area (Å²) in [5, 5.41) is 40.5. The summed E-state index contributed by atoms with van der Waals surface area (Å²) in [4.78, 5) is 26.0. The van der Waals surface area contributed by atoms with Crippen molar-refractivity contribution in [2.24, 2.45) is 0 Å². The number of ether oxygens (including phenoxy) is 5. The SMILES string of the molecule is COc1c(O[C@@H]2O[C@H](CO)[C@@H](O)[C@H](O)[C@H]2O)cc2c(=O)oc3c4c(cc5c(=O)oc1c2c35)OCCO4. The molecule has 0 amide bonds. The second-order valence-corrected chi connectivity index (χ2v) is 8.41. The standard InChI is InChI=1S/C23H20O13/c1-30-17-10(33-23-16(27)15(26)14(25)11(6-24)34-23)5-8-12-13-7(21(28)35-19(12)17)4-9-18(32-3-2-31-9)20(13)36-22(8)29/h4-5,11,14-16,23-27H,2-3,6H2,1H3/t11-,14-,15+,16-,23-/m1/s1. The molecule has 1 fully saturated rings. The predicted molar refractivity (Wildman–Crippen MR) is 119 cm³/mol. The molecular formula is C23H20O13. The maximum atomic E-state index is 13.1. The lowest BCUT2D eigenvalue weighted by Crippen LogP contribution is -2.60. The maximum Gasteiger partial charge on any atom is 0.344 e. The number of hydrogen-bond donors (Lipinski definition) is 4. The zero-order valence-corrected chi connectivity index (χ0v) is 18.6. The van der Waals surface area contributed by atoms with Crippen molar-refractivity contribution < 1.29 is 52.9 Å². The van der Waals surface area contributed by atoms with E-state index in [1.165, 1.54) is 19.2 Å². The summed E-state index contributed by atoms with van der Waals surface area (Å²) in [7, 11) is 1.27. The summed E-state index contributed by atoms with van der Waals surface area (Å²) < 4.78 is 38.8. The van der Waals surface area contributed by atoms with Gasteiger partial charge in [0.25, 0.3) is 0 Å². The van der Waals surface area contributed by atoms with Gasteiger partial charge in [0, 0.05) is 10.8 Å². The van der Waals surface area contributed by atoms with E-state index in [-0.39, 0.29) is 68.9 Å². The van der Waals surface area contributed by atoms with Gasteiger partial charge in [-0.1, -0.05) is 0 Å². The molecule has 2 aliphatic rings. The second-order valence-electron chi connectivity index (χ2n) is 8.41. The molecule has 0 aliphatic carbocycles. The Morgan fingerprint density at radius 2 is 1.58 bits per heavy atom. The van der Waals surface area contributed by atoms with Gasteiger partial charge in [-0.25, -0.2) is 9.59 Å². The van der Waals surface area contributed by atoms with Crippen LogP contribution in [0.2, 0.25) is 0 Å². The molecular weight excluding hydrogens is 484 g/mol. The fourth-order valence-electron chi connectivity index (χ4n) is 4.65. The third kappa shape index (κ3) is 3.14. The van der Waals surface area contributed by atoms with Crippen molar-refractivity contribution >= 4 is 32.7 Å². The largest absolute Gasteiger partial charge is 0.490 e. The van der Waals surface area contributed by atoms with Crippen LogP contribution in [0, 0.1) is 0 Å². The Labute approximate surface area is 199 Å². The average molecular weight is 504 g/mol. The molecule has 2 aliphatic heterocycles. The van der Waals surface area contributed by atoms with E-state index in [4.69, 9.17) is 32.5 Å². The molecule has 4 heterocycles. The third-order valence-electron chi connectivity index (χ3n) is 6.37. The molecule has 0 bridgehead atoms. The summed E-state index contributed by atoms with van der Waals surface area (Å²) in [5.41, 5.74) is -1.71. The summed E-state index contributed by atoms with van der Waals surface area (Å²) in [6.45, 7) is -0.199. The molecule has 36 heavy (non-hydrogen) atoms. The summed E-state index contributed by atoms with van der Waals surface area (Å²) in [5.74, 6) is 0.117. The topological polar surface area (TPSA) is 187 Å². The van der Waals surface area contributed by atoms with Crippen LogP contribution in [-0.2, 0) is 4.74 Å². The van der Waals surface area contributed by atoms with E-state index in [0.29, 0.717) is 0 Å². The minimum absolute atomic E-state index is 0.0160. The fraction of sp³-hybridized carbons (Fsp3) is 0.391. The van der Waals surface area contributed by atoms with Gasteiger partial charge in [-0.15, -0.1) is 0 Å². The number of aliphatic hydroxyl groups is 4. The van der Waals surface area contributed by atoms with E-state index in [1.807, 2.05) is 0 Å². The van der Waals surface area contributed by atoms with Gasteiger partial charge in [-0.3, -0.25) is 0 Å². The smallest absolute Gasteiger partial charge is 0.344 e. The van der Waals surface area contributed by atoms with Gasteiger partial charge in [0.05, 0.1) is 24.5 Å². The molecule has 4 N–H and O–H groups in total. The van der Waals surface area contributed by atoms with Crippen molar-refractivity contribution in [3.8, 4) is 23.0 Å². The predicted octanol–water partition coefficient (Wildman–Crippen LogP) is -0.551. The molecule has 190 valence electrons. The first-order valence-corrected chi connectivity index (χ1v) is 11.0. The molecule has 6 rings (SSSR count). The molecule has 5 atom stereocenters. The van der Waals surface area contributed by atoms with Crippen LogP contribution < -0.4 is 30.2 Å². The van der Waals surface area contributed by atoms with E-state index in [2.05, 4.69) is 0 Å². The van der Waals surface area contributed by atoms with Crippen LogP contribution in [0.15, 0.2) is 30.6 Å². The Morgan fingerprint density at radius 1 is 0.917 bits per heavy atom. The average Bonchev–Trinajstić information content (AvgIpc) is 2.88. The summed E-state index contributed by atoms with van der Waals surface area (Å²) in [6, 6.07) is 2.70. The first-order valence-electron chi connectivity index (χ1n) is 11.0. The Balaban J connectivity index is 1.59. The van der Waals surface area contributed by atoms with Gasteiger partial charge < -0.3 is 52.9 Å². The van der Waals surface area contributed by atoms with Crippen LogP contribution in [0.4, 0.5) is 0 Å². The number of aliphatic hydroxyl groups excluding tert-OH is 4. The zero-order chi connectivity index (χ0) is 25.3. The van der Waals surface area contributed by atoms with Gasteiger partial charge in [-0.2, -0.15) is 0 Å². The van der Waals surface area contributed by atoms with Crippen molar-refractivity contribution in [2.45, 2.75) is 30.7 Å². The highest BCUT2D eigenvalue weighted by molar-refractivity contribution is 6.22. The normalized spacial score (nSPS) is 26.1. The molecule has 0 spiro atoms. The van der Waals surface area contributed by atoms with Crippen molar-refractivity contribution in [3.63, 3.8) is 0 Å². The fourth-order valence-corrected chi connectivity index (χ4v) is 4.65. The van der Waals surface area contributed by atoms with Crippen LogP contribution in [0.3, 0.4) is 0 Å². The summed E-state index contributed by atoms with van der Waals surface area (Å²) in [6.07, 6.45) is -7.85. The Bertz CT molecular complexity index is 1590. The van der Waals surface area contributed by atoms with Gasteiger partial charge in [0.2, 0.25) is 17.8 Å². The van der Waals surface area contributed by atoms with Crippen molar-refractivity contribution in [3.05, 3.63) is 33.0 Å². The Kier molecular flexibility index (Phi) is 5.21. The minimum Gasteiger partial charge on any atom is -0.490 e. The third-order valence-corrected chi connectivity index (χ3v) is 6.37. The number of fused-ring (bicyclic) bond motifs is 2. The first-order chi connectivity index (χ1) is 17.3. The maximum absolute atomic E-state index is 13.1. The lowest BCUT2D eigenvalue weighted by atomic mass is 9.99. The van der Waals surface area contributed by atoms with Crippen molar-refractivity contribution in [1.29, 1.82) is 0 Å². The quantitative estimate of drug-likeness (QED) is 0.205. The molecule has 2 aromatic carbocycles. The number of benzene rings is 2. The van der Waals surface area contributed by atoms with Crippen molar-refractivity contribution in [2.75, 3.05) is 26.9 Å². The molecule has 13 nitrogen and oxygen atoms in total. The highest BCUT2D eigenvalue weighted by atomic mass is 16.7. The molecule has 13 heteroatoms. The molecule has 2 aromatic heterocycles. The van der Waals surface area contributed by atoms with E-state index in [9.17, 15) is 30.0 Å². The molecule has 0 saturated carbocycles. The van der Waals surface area contributed by atoms with Crippen LogP contribution in [-0.4, -0.2) is 78.1 Å². The second kappa shape index (κ2) is 8.21. The number of hydrogen-bond acceptors (Lipinski definition) is 13. The van der Waals surface area contributed by atoms with Gasteiger partial charge in [0.15, 0.2) is 22.7 Å². The lowest BCUT2D eigenvalue weighted by molar-refractivity contribution is -0.277. The molecule has 0 unspecified atom stereocenters. The first kappa shape index (κ1) is 22.8. The highest BCUT2D eigenvalue weighted by Crippen LogP contribution is 2.47. The molecule has 0 radical (unpaired) electrons. The van der Waals surface area contributed by atoms with E-state index in [0.717, 1.165) is 0 Å². The minimum atomic E-state index is -1.73. The van der Waals surface area contributed by atoms with Crippen molar-refractivity contribution in [1.82, 2.24) is 0 Å². The lowest BCUT2D eigenvalue weighted by Gasteiger charge is -2.39. The van der Waals surface area contributed by atoms with Crippen LogP contribution in [0.5, 0.6) is 23.0 Å². The van der Waals surface area contributed by atoms with E-state index >= 15 is 0 Å². The van der Waals surface area contributed by atoms with Crippen LogP contribution in [0.1, 0.15) is 0 Å². The Morgan fingerprint density at radius 3 is 2.31 bits per heavy atom. The molecule has 4 aromatic rings. The Hall–Kier alpha value is -3.62. The number of rotatable bonds is 4. The van der Waals surface area contributed by atoms with Gasteiger partial charge >= 0.3 is 11.3 Å².